The summed E-state index contributed by atoms with van der Waals surface area (Å²) in [6.07, 6.45) is 0.317. The maximum absolute atomic E-state index is 12.5. The lowest BCUT2D eigenvalue weighted by molar-refractivity contribution is -0.133. The lowest BCUT2D eigenvalue weighted by atomic mass is 10.1. The fourth-order valence-electron chi connectivity index (χ4n) is 3.42. The van der Waals surface area contributed by atoms with Crippen LogP contribution in [-0.2, 0) is 11.3 Å². The molecule has 7 nitrogen and oxygen atoms in total. The van der Waals surface area contributed by atoms with E-state index in [0.717, 1.165) is 28.3 Å². The molecule has 1 aromatic carbocycles. The van der Waals surface area contributed by atoms with Crippen molar-refractivity contribution in [3.05, 3.63) is 50.6 Å². The van der Waals surface area contributed by atoms with E-state index < -0.39 is 0 Å². The number of carbonyl (C=O) groups excluding carboxylic acids is 1. The summed E-state index contributed by atoms with van der Waals surface area (Å²) in [6, 6.07) is 9.56. The molecule has 1 unspecified atom stereocenters. The summed E-state index contributed by atoms with van der Waals surface area (Å²) in [5, 5.41) is 11.5. The molecule has 1 atom stereocenters. The molecular formula is C20H24N4O3S. The average Bonchev–Trinajstić information content (AvgIpc) is 3.05. The summed E-state index contributed by atoms with van der Waals surface area (Å²) in [7, 11) is 1.61. The summed E-state index contributed by atoms with van der Waals surface area (Å²) >= 11 is 1.16. The van der Waals surface area contributed by atoms with E-state index in [4.69, 9.17) is 4.74 Å². The molecule has 28 heavy (non-hydrogen) atoms. The molecule has 1 saturated heterocycles. The molecule has 2 aromatic rings. The Labute approximate surface area is 168 Å². The zero-order valence-corrected chi connectivity index (χ0v) is 16.9. The number of thiazole rings is 1. The van der Waals surface area contributed by atoms with Crippen molar-refractivity contribution in [1.82, 2.24) is 14.4 Å². The maximum Gasteiger partial charge on any atom is 0.307 e. The van der Waals surface area contributed by atoms with Crippen molar-refractivity contribution in [3.8, 4) is 11.8 Å². The Bertz CT molecular complexity index is 905. The Balaban J connectivity index is 1.54. The van der Waals surface area contributed by atoms with Crippen molar-refractivity contribution >= 4 is 17.2 Å². The molecule has 0 bridgehead atoms. The first kappa shape index (κ1) is 20.1. The van der Waals surface area contributed by atoms with Gasteiger partial charge in [-0.25, -0.2) is 0 Å². The zero-order chi connectivity index (χ0) is 20.1. The van der Waals surface area contributed by atoms with Crippen LogP contribution in [0.15, 0.2) is 34.4 Å². The van der Waals surface area contributed by atoms with Crippen LogP contribution in [0.1, 0.15) is 23.7 Å². The third-order valence-electron chi connectivity index (χ3n) is 5.11. The van der Waals surface area contributed by atoms with Gasteiger partial charge in [0.05, 0.1) is 13.2 Å². The van der Waals surface area contributed by atoms with Crippen LogP contribution in [0.4, 0.5) is 0 Å². The minimum atomic E-state index is -0.338. The molecule has 0 radical (unpaired) electrons. The number of ether oxygens (including phenoxy) is 1. The molecule has 0 N–H and O–H groups in total. The number of benzene rings is 1. The van der Waals surface area contributed by atoms with E-state index in [1.165, 1.54) is 0 Å². The van der Waals surface area contributed by atoms with Crippen molar-refractivity contribution in [2.75, 3.05) is 33.3 Å². The molecule has 0 spiro atoms. The topological polar surface area (TPSA) is 78.6 Å². The number of aryl methyl sites for hydroxylation is 1. The summed E-state index contributed by atoms with van der Waals surface area (Å²) in [6.45, 7) is 4.76. The van der Waals surface area contributed by atoms with Gasteiger partial charge in [-0.05, 0) is 24.6 Å². The van der Waals surface area contributed by atoms with Crippen LogP contribution < -0.4 is 9.61 Å². The molecule has 3 rings (SSSR count). The van der Waals surface area contributed by atoms with Gasteiger partial charge in [0.15, 0.2) is 0 Å². The smallest absolute Gasteiger partial charge is 0.307 e. The Hall–Kier alpha value is -2.63. The highest BCUT2D eigenvalue weighted by atomic mass is 32.1. The fourth-order valence-corrected chi connectivity index (χ4v) is 4.18. The molecule has 1 fully saturated rings. The molecular weight excluding hydrogens is 376 g/mol. The van der Waals surface area contributed by atoms with E-state index >= 15 is 0 Å². The second-order valence-electron chi connectivity index (χ2n) is 6.77. The summed E-state index contributed by atoms with van der Waals surface area (Å²) in [5.74, 6) is 0.811. The van der Waals surface area contributed by atoms with Gasteiger partial charge in [-0.3, -0.25) is 14.5 Å². The zero-order valence-electron chi connectivity index (χ0n) is 16.1. The number of piperazine rings is 1. The second kappa shape index (κ2) is 9.04. The third-order valence-corrected chi connectivity index (χ3v) is 5.99. The fraction of sp³-hybridized carbons (Fsp3) is 0.450. The molecule has 1 aliphatic rings. The lowest BCUT2D eigenvalue weighted by Crippen LogP contribution is -2.49. The quantitative estimate of drug-likeness (QED) is 0.741. The summed E-state index contributed by atoms with van der Waals surface area (Å²) in [4.78, 5) is 28.2. The maximum atomic E-state index is 12.5. The summed E-state index contributed by atoms with van der Waals surface area (Å²) < 4.78 is 6.82. The standard InChI is InChI=1S/C20H24N4O3S/c1-15-14-28-20(26)24(15)8-7-19(25)23-11-9-22(10-12-23)18(13-21)16-3-5-17(27-2)6-4-16/h3-6,14,18H,7-12H2,1-2H3. The Morgan fingerprint density at radius 1 is 1.25 bits per heavy atom. The molecule has 1 aliphatic heterocycles. The molecule has 148 valence electrons. The van der Waals surface area contributed by atoms with E-state index in [1.807, 2.05) is 41.5 Å². The molecule has 1 amide bonds. The number of methoxy groups -OCH3 is 1. The Morgan fingerprint density at radius 2 is 1.93 bits per heavy atom. The minimum absolute atomic E-state index is 0.0218. The van der Waals surface area contributed by atoms with Crippen LogP contribution in [0.3, 0.4) is 0 Å². The predicted octanol–water partition coefficient (Wildman–Crippen LogP) is 2.03. The molecule has 1 aromatic heterocycles. The lowest BCUT2D eigenvalue weighted by Gasteiger charge is -2.37. The number of aromatic nitrogens is 1. The van der Waals surface area contributed by atoms with Gasteiger partial charge in [0.1, 0.15) is 11.8 Å². The Kier molecular flexibility index (Phi) is 6.49. The van der Waals surface area contributed by atoms with Crippen molar-refractivity contribution in [3.63, 3.8) is 0 Å². The third kappa shape index (κ3) is 4.43. The van der Waals surface area contributed by atoms with Crippen LogP contribution in [-0.4, -0.2) is 53.6 Å². The highest BCUT2D eigenvalue weighted by Crippen LogP contribution is 2.24. The van der Waals surface area contributed by atoms with Gasteiger partial charge in [0.2, 0.25) is 5.91 Å². The first-order valence-corrected chi connectivity index (χ1v) is 10.1. The minimum Gasteiger partial charge on any atom is -0.497 e. The average molecular weight is 401 g/mol. The van der Waals surface area contributed by atoms with Crippen molar-refractivity contribution in [2.45, 2.75) is 25.9 Å². The van der Waals surface area contributed by atoms with Gasteiger partial charge < -0.3 is 14.2 Å². The molecule has 2 heterocycles. The van der Waals surface area contributed by atoms with Gasteiger partial charge in [-0.15, -0.1) is 0 Å². The van der Waals surface area contributed by atoms with Gasteiger partial charge in [0, 0.05) is 50.2 Å². The number of nitriles is 1. The van der Waals surface area contributed by atoms with E-state index in [1.54, 1.807) is 11.7 Å². The van der Waals surface area contributed by atoms with Crippen LogP contribution in [0.25, 0.3) is 0 Å². The van der Waals surface area contributed by atoms with E-state index in [2.05, 4.69) is 11.0 Å². The first-order valence-electron chi connectivity index (χ1n) is 9.24. The van der Waals surface area contributed by atoms with E-state index in [-0.39, 0.29) is 16.8 Å². The first-order chi connectivity index (χ1) is 13.5. The number of carbonyl (C=O) groups is 1. The van der Waals surface area contributed by atoms with Crippen LogP contribution in [0.2, 0.25) is 0 Å². The van der Waals surface area contributed by atoms with Crippen LogP contribution in [0.5, 0.6) is 5.75 Å². The number of nitrogens with zero attached hydrogens (tertiary/aromatic N) is 4. The molecule has 0 saturated carbocycles. The van der Waals surface area contributed by atoms with Gasteiger partial charge in [-0.1, -0.05) is 23.5 Å². The van der Waals surface area contributed by atoms with E-state index in [9.17, 15) is 14.9 Å². The highest BCUT2D eigenvalue weighted by molar-refractivity contribution is 7.07. The Morgan fingerprint density at radius 3 is 2.46 bits per heavy atom. The van der Waals surface area contributed by atoms with E-state index in [0.29, 0.717) is 39.1 Å². The number of amides is 1. The number of hydrogen-bond donors (Lipinski definition) is 0. The molecule has 0 aliphatic carbocycles. The predicted molar refractivity (Wildman–Crippen MR) is 107 cm³/mol. The van der Waals surface area contributed by atoms with Crippen LogP contribution in [0, 0.1) is 18.3 Å². The normalized spacial score (nSPS) is 15.8. The number of rotatable bonds is 6. The number of hydrogen-bond acceptors (Lipinski definition) is 6. The van der Waals surface area contributed by atoms with Crippen molar-refractivity contribution < 1.29 is 9.53 Å². The highest BCUT2D eigenvalue weighted by Gasteiger charge is 2.27. The van der Waals surface area contributed by atoms with Gasteiger partial charge in [-0.2, -0.15) is 5.26 Å². The van der Waals surface area contributed by atoms with Crippen molar-refractivity contribution in [1.29, 1.82) is 5.26 Å². The van der Waals surface area contributed by atoms with Gasteiger partial charge >= 0.3 is 4.87 Å². The van der Waals surface area contributed by atoms with Crippen LogP contribution >= 0.6 is 11.3 Å². The monoisotopic (exact) mass is 400 g/mol. The van der Waals surface area contributed by atoms with Gasteiger partial charge in [0.25, 0.3) is 0 Å². The molecule has 8 heteroatoms. The largest absolute Gasteiger partial charge is 0.497 e. The second-order valence-corrected chi connectivity index (χ2v) is 7.59. The summed E-state index contributed by atoms with van der Waals surface area (Å²) in [5.41, 5.74) is 1.82. The SMILES string of the molecule is COc1ccc(C(C#N)N2CCN(C(=O)CCn3c(C)csc3=O)CC2)cc1. The van der Waals surface area contributed by atoms with Crippen molar-refractivity contribution in [2.24, 2.45) is 0 Å².